The molecule has 0 aromatic carbocycles. The predicted molar refractivity (Wildman–Crippen MR) is 79.9 cm³/mol. The third kappa shape index (κ3) is 3.54. The first-order chi connectivity index (χ1) is 9.70. The Morgan fingerprint density at radius 2 is 2.10 bits per heavy atom. The van der Waals surface area contributed by atoms with Gasteiger partial charge in [-0.3, -0.25) is 9.78 Å². The first kappa shape index (κ1) is 14.0. The van der Waals surface area contributed by atoms with Gasteiger partial charge >= 0.3 is 0 Å². The van der Waals surface area contributed by atoms with Crippen LogP contribution < -0.4 is 10.6 Å². The zero-order valence-electron chi connectivity index (χ0n) is 11.7. The Labute approximate surface area is 118 Å². The Morgan fingerprint density at radius 3 is 2.80 bits per heavy atom. The lowest BCUT2D eigenvalue weighted by molar-refractivity contribution is 0.102. The van der Waals surface area contributed by atoms with Crippen LogP contribution in [-0.2, 0) is 0 Å². The van der Waals surface area contributed by atoms with Gasteiger partial charge in [-0.2, -0.15) is 0 Å². The number of anilines is 2. The third-order valence-electron chi connectivity index (χ3n) is 2.78. The van der Waals surface area contributed by atoms with Gasteiger partial charge in [-0.1, -0.05) is 13.0 Å². The van der Waals surface area contributed by atoms with E-state index in [4.69, 9.17) is 0 Å². The minimum absolute atomic E-state index is 0.215. The normalized spacial score (nSPS) is 10.1. The van der Waals surface area contributed by atoms with Crippen LogP contribution in [0.2, 0.25) is 0 Å². The molecule has 0 spiro atoms. The van der Waals surface area contributed by atoms with E-state index < -0.39 is 0 Å². The topological polar surface area (TPSA) is 66.9 Å². The van der Waals surface area contributed by atoms with E-state index in [0.29, 0.717) is 11.4 Å². The smallest absolute Gasteiger partial charge is 0.260 e. The molecule has 2 rings (SSSR count). The molecule has 5 heteroatoms. The van der Waals surface area contributed by atoms with Crippen LogP contribution in [0.4, 0.5) is 11.5 Å². The van der Waals surface area contributed by atoms with Crippen molar-refractivity contribution in [3.63, 3.8) is 0 Å². The molecule has 0 saturated heterocycles. The van der Waals surface area contributed by atoms with Gasteiger partial charge in [0.2, 0.25) is 0 Å². The van der Waals surface area contributed by atoms with E-state index in [0.717, 1.165) is 24.2 Å². The van der Waals surface area contributed by atoms with Crippen molar-refractivity contribution in [3.8, 4) is 0 Å². The highest BCUT2D eigenvalue weighted by atomic mass is 16.1. The summed E-state index contributed by atoms with van der Waals surface area (Å²) in [6.45, 7) is 4.84. The number of hydrogen-bond acceptors (Lipinski definition) is 4. The molecule has 0 aliphatic heterocycles. The first-order valence-corrected chi connectivity index (χ1v) is 6.62. The Kier molecular flexibility index (Phi) is 4.65. The zero-order valence-corrected chi connectivity index (χ0v) is 11.7. The van der Waals surface area contributed by atoms with Crippen LogP contribution in [0.5, 0.6) is 0 Å². The highest BCUT2D eigenvalue weighted by Gasteiger charge is 2.11. The van der Waals surface area contributed by atoms with Crippen molar-refractivity contribution in [2.75, 3.05) is 17.2 Å². The van der Waals surface area contributed by atoms with Crippen LogP contribution in [-0.4, -0.2) is 22.4 Å². The van der Waals surface area contributed by atoms with Gasteiger partial charge < -0.3 is 10.6 Å². The summed E-state index contributed by atoms with van der Waals surface area (Å²) in [6, 6.07) is 5.48. The molecule has 0 unspecified atom stereocenters. The molecular weight excluding hydrogens is 252 g/mol. The fourth-order valence-corrected chi connectivity index (χ4v) is 1.71. The van der Waals surface area contributed by atoms with Gasteiger partial charge in [-0.25, -0.2) is 4.98 Å². The summed E-state index contributed by atoms with van der Waals surface area (Å²) < 4.78 is 0. The summed E-state index contributed by atoms with van der Waals surface area (Å²) >= 11 is 0. The monoisotopic (exact) mass is 270 g/mol. The van der Waals surface area contributed by atoms with Crippen LogP contribution in [0, 0.1) is 6.92 Å². The van der Waals surface area contributed by atoms with Gasteiger partial charge in [-0.15, -0.1) is 0 Å². The van der Waals surface area contributed by atoms with Gasteiger partial charge in [0.25, 0.3) is 5.91 Å². The number of rotatable bonds is 5. The molecule has 20 heavy (non-hydrogen) atoms. The number of nitrogens with one attached hydrogen (secondary N) is 2. The van der Waals surface area contributed by atoms with E-state index in [1.807, 2.05) is 13.0 Å². The van der Waals surface area contributed by atoms with E-state index in [1.165, 1.54) is 0 Å². The number of amides is 1. The summed E-state index contributed by atoms with van der Waals surface area (Å²) in [6.07, 6.45) is 5.93. The molecule has 2 heterocycles. The number of aromatic nitrogens is 2. The molecule has 0 saturated carbocycles. The molecule has 0 aliphatic carbocycles. The molecule has 2 aromatic rings. The summed E-state index contributed by atoms with van der Waals surface area (Å²) in [5, 5.41) is 5.99. The Bertz CT molecular complexity index is 581. The number of pyridine rings is 2. The summed E-state index contributed by atoms with van der Waals surface area (Å²) in [4.78, 5) is 20.4. The van der Waals surface area contributed by atoms with E-state index in [2.05, 4.69) is 27.5 Å². The molecule has 5 nitrogen and oxygen atoms in total. The molecule has 104 valence electrons. The highest BCUT2D eigenvalue weighted by Crippen LogP contribution is 2.15. The number of hydrogen-bond donors (Lipinski definition) is 2. The molecular formula is C15H18N4O. The number of carbonyl (C=O) groups excluding carboxylic acids is 1. The minimum atomic E-state index is -0.215. The lowest BCUT2D eigenvalue weighted by Crippen LogP contribution is -2.16. The second-order valence-electron chi connectivity index (χ2n) is 4.52. The van der Waals surface area contributed by atoms with Crippen LogP contribution in [0.25, 0.3) is 0 Å². The average Bonchev–Trinajstić information content (AvgIpc) is 2.47. The SMILES string of the molecule is CCCNc1ccncc1C(=O)Nc1ccc(C)cn1. The van der Waals surface area contributed by atoms with Crippen molar-refractivity contribution in [2.24, 2.45) is 0 Å². The second-order valence-corrected chi connectivity index (χ2v) is 4.52. The number of aryl methyl sites for hydroxylation is 1. The third-order valence-corrected chi connectivity index (χ3v) is 2.78. The molecule has 1 amide bonds. The zero-order chi connectivity index (χ0) is 14.4. The lowest BCUT2D eigenvalue weighted by Gasteiger charge is -2.10. The van der Waals surface area contributed by atoms with Crippen molar-refractivity contribution in [1.29, 1.82) is 0 Å². The molecule has 0 aliphatic rings. The van der Waals surface area contributed by atoms with Crippen LogP contribution in [0.15, 0.2) is 36.8 Å². The molecule has 0 fully saturated rings. The number of carbonyl (C=O) groups is 1. The van der Waals surface area contributed by atoms with Crippen molar-refractivity contribution < 1.29 is 4.79 Å². The maximum Gasteiger partial charge on any atom is 0.260 e. The lowest BCUT2D eigenvalue weighted by atomic mass is 10.2. The highest BCUT2D eigenvalue weighted by molar-refractivity contribution is 6.07. The second kappa shape index (κ2) is 6.65. The molecule has 2 aromatic heterocycles. The van der Waals surface area contributed by atoms with Crippen molar-refractivity contribution >= 4 is 17.4 Å². The van der Waals surface area contributed by atoms with Crippen molar-refractivity contribution in [3.05, 3.63) is 47.9 Å². The minimum Gasteiger partial charge on any atom is -0.384 e. The Balaban J connectivity index is 2.14. The van der Waals surface area contributed by atoms with Gasteiger partial charge in [0, 0.05) is 25.1 Å². The molecule has 0 atom stereocenters. The predicted octanol–water partition coefficient (Wildman–Crippen LogP) is 2.86. The Hall–Kier alpha value is -2.43. The van der Waals surface area contributed by atoms with Crippen LogP contribution >= 0.6 is 0 Å². The largest absolute Gasteiger partial charge is 0.384 e. The van der Waals surface area contributed by atoms with Crippen molar-refractivity contribution in [2.45, 2.75) is 20.3 Å². The quantitative estimate of drug-likeness (QED) is 0.876. The average molecular weight is 270 g/mol. The summed E-state index contributed by atoms with van der Waals surface area (Å²) in [5.74, 6) is 0.318. The summed E-state index contributed by atoms with van der Waals surface area (Å²) in [7, 11) is 0. The van der Waals surface area contributed by atoms with E-state index in [1.54, 1.807) is 30.7 Å². The van der Waals surface area contributed by atoms with E-state index in [9.17, 15) is 4.79 Å². The first-order valence-electron chi connectivity index (χ1n) is 6.62. The van der Waals surface area contributed by atoms with Gasteiger partial charge in [-0.05, 0) is 31.0 Å². The van der Waals surface area contributed by atoms with E-state index in [-0.39, 0.29) is 5.91 Å². The Morgan fingerprint density at radius 1 is 1.25 bits per heavy atom. The van der Waals surface area contributed by atoms with E-state index >= 15 is 0 Å². The van der Waals surface area contributed by atoms with Gasteiger partial charge in [0.1, 0.15) is 5.82 Å². The molecule has 2 N–H and O–H groups in total. The number of nitrogens with zero attached hydrogens (tertiary/aromatic N) is 2. The van der Waals surface area contributed by atoms with Gasteiger partial charge in [0.05, 0.1) is 11.3 Å². The summed E-state index contributed by atoms with van der Waals surface area (Å²) in [5.41, 5.74) is 2.35. The van der Waals surface area contributed by atoms with Gasteiger partial charge in [0.15, 0.2) is 0 Å². The van der Waals surface area contributed by atoms with Crippen molar-refractivity contribution in [1.82, 2.24) is 9.97 Å². The molecule has 0 bridgehead atoms. The maximum atomic E-state index is 12.3. The van der Waals surface area contributed by atoms with Crippen LogP contribution in [0.1, 0.15) is 29.3 Å². The van der Waals surface area contributed by atoms with Crippen LogP contribution in [0.3, 0.4) is 0 Å². The standard InChI is InChI=1S/C15H18N4O/c1-3-7-17-13-6-8-16-10-12(13)15(20)19-14-5-4-11(2)9-18-14/h4-6,8-10H,3,7H2,1-2H3,(H,16,17)(H,18,19,20). The fourth-order valence-electron chi connectivity index (χ4n) is 1.71. The fraction of sp³-hybridized carbons (Fsp3) is 0.267. The maximum absolute atomic E-state index is 12.3. The molecule has 0 radical (unpaired) electrons.